The van der Waals surface area contributed by atoms with E-state index < -0.39 is 46.8 Å². The lowest BCUT2D eigenvalue weighted by molar-refractivity contribution is -0.292. The van der Waals surface area contributed by atoms with Gasteiger partial charge in [0.15, 0.2) is 11.8 Å². The van der Waals surface area contributed by atoms with Crippen LogP contribution in [0.4, 0.5) is 17.6 Å². The monoisotopic (exact) mass is 430 g/mol. The molecular formula is C20H34F4O5. The molecule has 0 aromatic carbocycles. The van der Waals surface area contributed by atoms with Crippen molar-refractivity contribution >= 4 is 11.9 Å². The van der Waals surface area contributed by atoms with Crippen LogP contribution in [-0.2, 0) is 19.1 Å². The molecule has 0 bridgehead atoms. The van der Waals surface area contributed by atoms with Gasteiger partial charge in [-0.15, -0.1) is 0 Å². The van der Waals surface area contributed by atoms with Crippen LogP contribution in [0.5, 0.6) is 0 Å². The maximum Gasteiger partial charge on any atom is 0.419 e. The molecule has 4 unspecified atom stereocenters. The van der Waals surface area contributed by atoms with E-state index in [1.54, 1.807) is 13.8 Å². The second-order valence-electron chi connectivity index (χ2n) is 9.04. The molecule has 4 atom stereocenters. The van der Waals surface area contributed by atoms with Gasteiger partial charge in [-0.3, -0.25) is 9.59 Å². The molecule has 1 N–H and O–H groups in total. The van der Waals surface area contributed by atoms with E-state index in [1.165, 1.54) is 6.92 Å². The first-order valence-corrected chi connectivity index (χ1v) is 9.65. The van der Waals surface area contributed by atoms with Crippen molar-refractivity contribution in [2.75, 3.05) is 6.61 Å². The quantitative estimate of drug-likeness (QED) is 0.405. The molecule has 0 aliphatic carbocycles. The Morgan fingerprint density at radius 1 is 1.03 bits per heavy atom. The Hall–Kier alpha value is -1.38. The second-order valence-corrected chi connectivity index (χ2v) is 9.04. The number of aliphatic hydroxyl groups is 1. The Bertz CT molecular complexity index is 572. The summed E-state index contributed by atoms with van der Waals surface area (Å²) in [6.45, 7) is 10.9. The zero-order valence-electron chi connectivity index (χ0n) is 18.4. The summed E-state index contributed by atoms with van der Waals surface area (Å²) in [5, 5.41) is 9.60. The highest BCUT2D eigenvalue weighted by atomic mass is 19.4. The van der Waals surface area contributed by atoms with Crippen LogP contribution in [0.2, 0.25) is 0 Å². The average Bonchev–Trinajstić information content (AvgIpc) is 2.56. The highest BCUT2D eigenvalue weighted by Gasteiger charge is 2.61. The van der Waals surface area contributed by atoms with Crippen LogP contribution < -0.4 is 0 Å². The Morgan fingerprint density at radius 2 is 1.52 bits per heavy atom. The van der Waals surface area contributed by atoms with Gasteiger partial charge in [0, 0.05) is 0 Å². The van der Waals surface area contributed by atoms with Gasteiger partial charge in [-0.25, -0.2) is 4.39 Å². The summed E-state index contributed by atoms with van der Waals surface area (Å²) < 4.78 is 63.7. The van der Waals surface area contributed by atoms with Gasteiger partial charge in [-0.1, -0.05) is 27.7 Å². The number of rotatable bonds is 10. The maximum atomic E-state index is 14.6. The summed E-state index contributed by atoms with van der Waals surface area (Å²) in [5.74, 6) is -1.99. The number of carbonyl (C=O) groups is 2. The van der Waals surface area contributed by atoms with Crippen molar-refractivity contribution in [3.05, 3.63) is 0 Å². The van der Waals surface area contributed by atoms with Crippen LogP contribution in [0.3, 0.4) is 0 Å². The molecule has 0 aromatic heterocycles. The van der Waals surface area contributed by atoms with Crippen molar-refractivity contribution in [3.8, 4) is 0 Å². The number of ether oxygens (including phenoxy) is 2. The summed E-state index contributed by atoms with van der Waals surface area (Å²) in [7, 11) is 0. The molecule has 0 radical (unpaired) electrons. The fourth-order valence-electron chi connectivity index (χ4n) is 2.76. The lowest BCUT2D eigenvalue weighted by Gasteiger charge is -2.40. The predicted octanol–water partition coefficient (Wildman–Crippen LogP) is 4.60. The molecule has 9 heteroatoms. The van der Waals surface area contributed by atoms with Crippen molar-refractivity contribution < 1.29 is 41.7 Å². The van der Waals surface area contributed by atoms with Crippen molar-refractivity contribution in [1.29, 1.82) is 0 Å². The molecule has 0 rings (SSSR count). The van der Waals surface area contributed by atoms with Gasteiger partial charge in [-0.05, 0) is 46.5 Å². The van der Waals surface area contributed by atoms with Crippen molar-refractivity contribution in [2.45, 2.75) is 91.8 Å². The lowest BCUT2D eigenvalue weighted by Crippen LogP contribution is -2.59. The SMILES string of the molecule is CCC(C)(CC(C)C(=O)OCC(C)C)C(=O)OC(C)(C)C(F)C(C)(O)C(F)(F)F. The Morgan fingerprint density at radius 3 is 1.90 bits per heavy atom. The second kappa shape index (κ2) is 9.62. The molecule has 0 amide bonds. The Kier molecular flexibility index (Phi) is 9.16. The van der Waals surface area contributed by atoms with E-state index in [2.05, 4.69) is 0 Å². The van der Waals surface area contributed by atoms with Crippen LogP contribution in [0.25, 0.3) is 0 Å². The van der Waals surface area contributed by atoms with Crippen LogP contribution >= 0.6 is 0 Å². The van der Waals surface area contributed by atoms with Gasteiger partial charge < -0.3 is 14.6 Å². The van der Waals surface area contributed by atoms with Crippen molar-refractivity contribution in [1.82, 2.24) is 0 Å². The van der Waals surface area contributed by atoms with Crippen LogP contribution in [0.1, 0.15) is 68.2 Å². The normalized spacial score (nSPS) is 19.1. The Labute approximate surface area is 170 Å². The number of hydrogen-bond donors (Lipinski definition) is 1. The van der Waals surface area contributed by atoms with Crippen LogP contribution in [0, 0.1) is 17.3 Å². The van der Waals surface area contributed by atoms with Gasteiger partial charge >= 0.3 is 18.1 Å². The molecule has 0 saturated heterocycles. The molecule has 5 nitrogen and oxygen atoms in total. The van der Waals surface area contributed by atoms with Crippen molar-refractivity contribution in [2.24, 2.45) is 17.3 Å². The van der Waals surface area contributed by atoms with Crippen molar-refractivity contribution in [3.63, 3.8) is 0 Å². The van der Waals surface area contributed by atoms with E-state index in [0.717, 1.165) is 13.8 Å². The molecule has 0 fully saturated rings. The summed E-state index contributed by atoms with van der Waals surface area (Å²) in [5.41, 5.74) is -7.21. The zero-order valence-corrected chi connectivity index (χ0v) is 18.4. The summed E-state index contributed by atoms with van der Waals surface area (Å²) >= 11 is 0. The zero-order chi connectivity index (χ0) is 23.4. The predicted molar refractivity (Wildman–Crippen MR) is 99.7 cm³/mol. The topological polar surface area (TPSA) is 72.8 Å². The third kappa shape index (κ3) is 7.12. The highest BCUT2D eigenvalue weighted by Crippen LogP contribution is 2.41. The summed E-state index contributed by atoms with van der Waals surface area (Å²) in [6.07, 6.45) is -7.95. The molecule has 0 aliphatic heterocycles. The summed E-state index contributed by atoms with van der Waals surface area (Å²) in [4.78, 5) is 24.8. The molecule has 0 heterocycles. The molecular weight excluding hydrogens is 396 g/mol. The molecule has 172 valence electrons. The van der Waals surface area contributed by atoms with Gasteiger partial charge in [0.05, 0.1) is 17.9 Å². The summed E-state index contributed by atoms with van der Waals surface area (Å²) in [6, 6.07) is 0. The number of esters is 2. The van der Waals surface area contributed by atoms with Crippen LogP contribution in [0.15, 0.2) is 0 Å². The maximum absolute atomic E-state index is 14.6. The molecule has 0 aromatic rings. The standard InChI is InChI=1S/C20H34F4O5/c1-9-18(7,10-13(4)14(25)28-11-12(2)3)16(26)29-17(5,6)15(21)19(8,27)20(22,23)24/h12-13,15,27H,9-11H2,1-8H3. The highest BCUT2D eigenvalue weighted by molar-refractivity contribution is 5.79. The van der Waals surface area contributed by atoms with E-state index in [0.29, 0.717) is 6.92 Å². The number of hydrogen-bond acceptors (Lipinski definition) is 5. The van der Waals surface area contributed by atoms with E-state index >= 15 is 0 Å². The van der Waals surface area contributed by atoms with Crippen LogP contribution in [-0.4, -0.2) is 47.2 Å². The first kappa shape index (κ1) is 27.6. The fraction of sp³-hybridized carbons (Fsp3) is 0.900. The minimum absolute atomic E-state index is 0.0158. The smallest absolute Gasteiger partial charge is 0.419 e. The third-order valence-electron chi connectivity index (χ3n) is 5.02. The molecule has 0 aliphatic rings. The lowest BCUT2D eigenvalue weighted by atomic mass is 9.78. The van der Waals surface area contributed by atoms with E-state index in [1.807, 2.05) is 13.8 Å². The van der Waals surface area contributed by atoms with Gasteiger partial charge in [0.25, 0.3) is 0 Å². The molecule has 29 heavy (non-hydrogen) atoms. The van der Waals surface area contributed by atoms with Gasteiger partial charge in [-0.2, -0.15) is 13.2 Å². The van der Waals surface area contributed by atoms with E-state index in [-0.39, 0.29) is 25.4 Å². The number of carbonyl (C=O) groups excluding carboxylic acids is 2. The van der Waals surface area contributed by atoms with E-state index in [9.17, 15) is 32.3 Å². The average molecular weight is 430 g/mol. The number of alkyl halides is 4. The van der Waals surface area contributed by atoms with Gasteiger partial charge in [0.1, 0.15) is 5.60 Å². The third-order valence-corrected chi connectivity index (χ3v) is 5.02. The largest absolute Gasteiger partial charge is 0.465 e. The Balaban J connectivity index is 5.36. The fourth-order valence-corrected chi connectivity index (χ4v) is 2.76. The number of halogens is 4. The molecule has 0 saturated carbocycles. The minimum atomic E-state index is -5.25. The minimum Gasteiger partial charge on any atom is -0.465 e. The van der Waals surface area contributed by atoms with Gasteiger partial charge in [0.2, 0.25) is 0 Å². The first-order valence-electron chi connectivity index (χ1n) is 9.65. The van der Waals surface area contributed by atoms with E-state index in [4.69, 9.17) is 9.47 Å². The first-order chi connectivity index (χ1) is 12.8. The molecule has 0 spiro atoms.